The average Bonchev–Trinajstić information content (AvgIpc) is 3.49. The Morgan fingerprint density at radius 1 is 1.20 bits per heavy atom. The summed E-state index contributed by atoms with van der Waals surface area (Å²) in [6.45, 7) is 1.10. The normalized spacial score (nSPS) is 19.8. The highest BCUT2D eigenvalue weighted by Crippen LogP contribution is 2.44. The minimum atomic E-state index is -1.03. The van der Waals surface area contributed by atoms with Crippen LogP contribution in [-0.2, 0) is 21.6 Å². The number of hydrogen-bond acceptors (Lipinski definition) is 7. The number of carbonyl (C=O) groups excluding carboxylic acids is 3. The third-order valence-electron chi connectivity index (χ3n) is 6.23. The first-order chi connectivity index (χ1) is 16.9. The summed E-state index contributed by atoms with van der Waals surface area (Å²) >= 11 is 7.40. The number of nitrogens with zero attached hydrogens (tertiary/aromatic N) is 1. The van der Waals surface area contributed by atoms with E-state index in [1.807, 2.05) is 30.3 Å². The van der Waals surface area contributed by atoms with Crippen LogP contribution < -0.4 is 21.3 Å². The van der Waals surface area contributed by atoms with E-state index in [0.29, 0.717) is 45.7 Å². The van der Waals surface area contributed by atoms with Crippen molar-refractivity contribution in [2.24, 2.45) is 0 Å². The van der Waals surface area contributed by atoms with Crippen molar-refractivity contribution in [3.8, 4) is 0 Å². The highest BCUT2D eigenvalue weighted by Gasteiger charge is 2.49. The highest BCUT2D eigenvalue weighted by atomic mass is 35.5. The van der Waals surface area contributed by atoms with Crippen LogP contribution in [0.2, 0.25) is 5.02 Å². The van der Waals surface area contributed by atoms with E-state index in [1.54, 1.807) is 30.3 Å². The molecule has 1 spiro atoms. The van der Waals surface area contributed by atoms with Gasteiger partial charge in [-0.3, -0.25) is 9.59 Å². The summed E-state index contributed by atoms with van der Waals surface area (Å²) in [5.74, 6) is -1.04. The van der Waals surface area contributed by atoms with Gasteiger partial charge in [-0.15, -0.1) is 11.3 Å². The molecular weight excluding hydrogens is 488 g/mol. The van der Waals surface area contributed by atoms with E-state index in [9.17, 15) is 14.4 Å². The van der Waals surface area contributed by atoms with Gasteiger partial charge in [-0.05, 0) is 42.4 Å². The summed E-state index contributed by atoms with van der Waals surface area (Å²) in [5.41, 5.74) is 6.79. The number of rotatable bonds is 5. The first-order valence-corrected chi connectivity index (χ1v) is 12.3. The fourth-order valence-corrected chi connectivity index (χ4v) is 5.39. The molecule has 8 nitrogen and oxygen atoms in total. The predicted octanol–water partition coefficient (Wildman–Crippen LogP) is 3.70. The fourth-order valence-electron chi connectivity index (χ4n) is 4.54. The van der Waals surface area contributed by atoms with Crippen LogP contribution >= 0.6 is 22.9 Å². The predicted molar refractivity (Wildman–Crippen MR) is 135 cm³/mol. The molecule has 0 aliphatic carbocycles. The van der Waals surface area contributed by atoms with Crippen LogP contribution in [0.3, 0.4) is 0 Å². The molecule has 0 radical (unpaired) electrons. The van der Waals surface area contributed by atoms with E-state index in [1.165, 1.54) is 0 Å². The maximum absolute atomic E-state index is 13.9. The lowest BCUT2D eigenvalue weighted by Crippen LogP contribution is -2.56. The molecule has 1 unspecified atom stereocenters. The van der Waals surface area contributed by atoms with Gasteiger partial charge in [0.15, 0.2) is 5.60 Å². The molecule has 3 aromatic rings. The number of fused-ring (bicyclic) bond motifs is 2. The lowest BCUT2D eigenvalue weighted by Gasteiger charge is -2.40. The molecule has 0 bridgehead atoms. The highest BCUT2D eigenvalue weighted by molar-refractivity contribution is 7.17. The quantitative estimate of drug-likeness (QED) is 0.482. The SMILES string of the molecule is Nc1ccc(C(=O)N[C@@H](Cc2ccccc2)C(=O)N2C(=O)OC3(CCNC3)c3cc(Cl)ccc32)s1. The van der Waals surface area contributed by atoms with Gasteiger partial charge in [0, 0.05) is 30.0 Å². The molecule has 2 atom stereocenters. The zero-order valence-corrected chi connectivity index (χ0v) is 20.2. The van der Waals surface area contributed by atoms with E-state index in [-0.39, 0.29) is 6.42 Å². The van der Waals surface area contributed by atoms with Crippen LogP contribution in [0, 0.1) is 0 Å². The van der Waals surface area contributed by atoms with Crippen molar-refractivity contribution < 1.29 is 19.1 Å². The number of halogens is 1. The van der Waals surface area contributed by atoms with Crippen LogP contribution in [-0.4, -0.2) is 37.0 Å². The second-order valence-electron chi connectivity index (χ2n) is 8.54. The van der Waals surface area contributed by atoms with Crippen LogP contribution in [0.5, 0.6) is 0 Å². The van der Waals surface area contributed by atoms with Crippen molar-refractivity contribution >= 4 is 51.5 Å². The molecule has 2 aliphatic rings. The number of benzene rings is 2. The maximum atomic E-state index is 13.9. The first kappa shape index (κ1) is 23.3. The Labute approximate surface area is 211 Å². The lowest BCUT2D eigenvalue weighted by atomic mass is 9.89. The van der Waals surface area contributed by atoms with Crippen LogP contribution in [0.1, 0.15) is 27.2 Å². The largest absolute Gasteiger partial charge is 0.436 e. The summed E-state index contributed by atoms with van der Waals surface area (Å²) in [6, 6.07) is 16.5. The van der Waals surface area contributed by atoms with Crippen molar-refractivity contribution in [2.45, 2.75) is 24.5 Å². The summed E-state index contributed by atoms with van der Waals surface area (Å²) < 4.78 is 5.86. The van der Waals surface area contributed by atoms with Gasteiger partial charge in [-0.2, -0.15) is 0 Å². The van der Waals surface area contributed by atoms with E-state index >= 15 is 0 Å². The molecule has 3 heterocycles. The van der Waals surface area contributed by atoms with Gasteiger partial charge >= 0.3 is 6.09 Å². The van der Waals surface area contributed by atoms with Crippen molar-refractivity contribution in [3.05, 3.63) is 81.7 Å². The number of amides is 3. The van der Waals surface area contributed by atoms with Gasteiger partial charge in [-0.1, -0.05) is 41.9 Å². The summed E-state index contributed by atoms with van der Waals surface area (Å²) in [5, 5.41) is 6.98. The number of hydrogen-bond donors (Lipinski definition) is 3. The number of anilines is 2. The first-order valence-electron chi connectivity index (χ1n) is 11.1. The van der Waals surface area contributed by atoms with Crippen molar-refractivity contribution in [3.63, 3.8) is 0 Å². The Balaban J connectivity index is 1.51. The Morgan fingerprint density at radius 3 is 2.69 bits per heavy atom. The third-order valence-corrected chi connectivity index (χ3v) is 7.38. The smallest absolute Gasteiger partial charge is 0.422 e. The second-order valence-corrected chi connectivity index (χ2v) is 10.1. The number of thiophene rings is 1. The third kappa shape index (κ3) is 4.50. The molecule has 5 rings (SSSR count). The van der Waals surface area contributed by atoms with E-state index < -0.39 is 29.6 Å². The van der Waals surface area contributed by atoms with E-state index in [4.69, 9.17) is 22.1 Å². The van der Waals surface area contributed by atoms with Gasteiger partial charge in [-0.25, -0.2) is 9.69 Å². The van der Waals surface area contributed by atoms with Crippen LogP contribution in [0.4, 0.5) is 15.5 Å². The van der Waals surface area contributed by atoms with Gasteiger partial charge in [0.2, 0.25) is 0 Å². The molecule has 2 aliphatic heterocycles. The van der Waals surface area contributed by atoms with Crippen LogP contribution in [0.15, 0.2) is 60.7 Å². The molecule has 4 N–H and O–H groups in total. The molecule has 3 amide bonds. The zero-order chi connectivity index (χ0) is 24.6. The second kappa shape index (κ2) is 9.33. The summed E-state index contributed by atoms with van der Waals surface area (Å²) in [7, 11) is 0. The van der Waals surface area contributed by atoms with Gasteiger partial charge < -0.3 is 21.1 Å². The van der Waals surface area contributed by atoms with Crippen molar-refractivity contribution in [1.29, 1.82) is 0 Å². The number of ether oxygens (including phenoxy) is 1. The molecule has 1 fully saturated rings. The monoisotopic (exact) mass is 510 g/mol. The number of carbonyl (C=O) groups is 3. The van der Waals surface area contributed by atoms with Crippen molar-refractivity contribution in [1.82, 2.24) is 10.6 Å². The average molecular weight is 511 g/mol. The van der Waals surface area contributed by atoms with Crippen LogP contribution in [0.25, 0.3) is 0 Å². The number of nitrogens with two attached hydrogens (primary N) is 1. The Bertz CT molecular complexity index is 1290. The van der Waals surface area contributed by atoms with Gasteiger partial charge in [0.25, 0.3) is 11.8 Å². The minimum Gasteiger partial charge on any atom is -0.436 e. The number of imide groups is 1. The molecule has 1 aromatic heterocycles. The van der Waals surface area contributed by atoms with E-state index in [0.717, 1.165) is 21.8 Å². The molecule has 35 heavy (non-hydrogen) atoms. The lowest BCUT2D eigenvalue weighted by molar-refractivity contribution is -0.120. The Morgan fingerprint density at radius 2 is 2.00 bits per heavy atom. The van der Waals surface area contributed by atoms with E-state index in [2.05, 4.69) is 10.6 Å². The Hall–Kier alpha value is -3.40. The Kier molecular flexibility index (Phi) is 6.22. The topological polar surface area (TPSA) is 114 Å². The molecule has 180 valence electrons. The molecular formula is C25H23ClN4O4S. The number of nitrogen functional groups attached to an aromatic ring is 1. The fraction of sp³-hybridized carbons (Fsp3) is 0.240. The zero-order valence-electron chi connectivity index (χ0n) is 18.6. The van der Waals surface area contributed by atoms with Crippen molar-refractivity contribution in [2.75, 3.05) is 23.7 Å². The molecule has 1 saturated heterocycles. The standard InChI is InChI=1S/C25H23ClN4O4S/c26-16-6-7-19-17(13-16)25(10-11-28-14-25)34-24(33)30(19)23(32)18(12-15-4-2-1-3-5-15)29-22(31)20-8-9-21(27)35-20/h1-9,13,18,28H,10-12,14,27H2,(H,29,31)/t18-,25?/m0/s1. The summed E-state index contributed by atoms with van der Waals surface area (Å²) in [4.78, 5) is 41.5. The van der Waals surface area contributed by atoms with Gasteiger partial charge in [0.1, 0.15) is 6.04 Å². The number of nitrogens with one attached hydrogen (secondary N) is 2. The molecule has 2 aromatic carbocycles. The minimum absolute atomic E-state index is 0.186. The molecule has 0 saturated carbocycles. The maximum Gasteiger partial charge on any atom is 0.422 e. The molecule has 10 heteroatoms. The summed E-state index contributed by atoms with van der Waals surface area (Å²) in [6.07, 6.45) is -0.0229. The van der Waals surface area contributed by atoms with Gasteiger partial charge in [0.05, 0.1) is 15.6 Å².